The van der Waals surface area contributed by atoms with Crippen molar-refractivity contribution in [3.05, 3.63) is 27.7 Å². The Bertz CT molecular complexity index is 606. The number of fused-ring (bicyclic) bond motifs is 1. The number of hydrogen-bond donors (Lipinski definition) is 3. The second-order valence-corrected chi connectivity index (χ2v) is 9.34. The average Bonchev–Trinajstić information content (AvgIpc) is 3.25. The first-order chi connectivity index (χ1) is 12.1. The number of quaternary nitrogens is 2. The summed E-state index contributed by atoms with van der Waals surface area (Å²) in [5.74, 6) is 0.849. The lowest BCUT2D eigenvalue weighted by molar-refractivity contribution is -0.921. The molecule has 1 aromatic rings. The van der Waals surface area contributed by atoms with Crippen LogP contribution < -0.4 is 14.5 Å². The number of halogens is 1. The van der Waals surface area contributed by atoms with Crippen molar-refractivity contribution in [2.75, 3.05) is 45.9 Å². The second-order valence-electron chi connectivity index (χ2n) is 8.49. The van der Waals surface area contributed by atoms with Gasteiger partial charge in [-0.2, -0.15) is 0 Å². The lowest BCUT2D eigenvalue weighted by atomic mass is 9.76. The third-order valence-electron chi connectivity index (χ3n) is 6.42. The van der Waals surface area contributed by atoms with Gasteiger partial charge in [0, 0.05) is 31.2 Å². The Hall–Kier alpha value is -0.620. The number of hydrogen-bond acceptors (Lipinski definition) is 2. The molecule has 25 heavy (non-hydrogen) atoms. The van der Waals surface area contributed by atoms with E-state index in [-0.39, 0.29) is 5.41 Å². The minimum absolute atomic E-state index is 0.167. The summed E-state index contributed by atoms with van der Waals surface area (Å²) >= 11 is 3.63. The molecule has 0 aliphatic carbocycles. The van der Waals surface area contributed by atoms with E-state index in [0.29, 0.717) is 6.61 Å². The van der Waals surface area contributed by atoms with Crippen LogP contribution in [0.25, 0.3) is 0 Å². The summed E-state index contributed by atoms with van der Waals surface area (Å²) in [4.78, 5) is 3.30. The molecule has 5 heteroatoms. The predicted molar refractivity (Wildman–Crippen MR) is 101 cm³/mol. The summed E-state index contributed by atoms with van der Waals surface area (Å²) in [5.41, 5.74) is 1.99. The van der Waals surface area contributed by atoms with E-state index in [1.807, 2.05) is 0 Å². The summed E-state index contributed by atoms with van der Waals surface area (Å²) in [7, 11) is 0. The Morgan fingerprint density at radius 3 is 2.20 bits per heavy atom. The van der Waals surface area contributed by atoms with Crippen molar-refractivity contribution in [3.63, 3.8) is 0 Å². The predicted octanol–water partition coefficient (Wildman–Crippen LogP) is 0.527. The fourth-order valence-electron chi connectivity index (χ4n) is 5.19. The highest BCUT2D eigenvalue weighted by atomic mass is 79.9. The van der Waals surface area contributed by atoms with Crippen LogP contribution in [0.4, 0.5) is 0 Å². The van der Waals surface area contributed by atoms with E-state index in [0.717, 1.165) is 28.9 Å². The molecule has 2 fully saturated rings. The Morgan fingerprint density at radius 2 is 1.64 bits per heavy atom. The zero-order chi connectivity index (χ0) is 17.4. The van der Waals surface area contributed by atoms with Crippen LogP contribution in [0.3, 0.4) is 0 Å². The monoisotopic (exact) mass is 410 g/mol. The Morgan fingerprint density at radius 1 is 1.08 bits per heavy atom. The van der Waals surface area contributed by atoms with Crippen molar-refractivity contribution in [1.29, 1.82) is 0 Å². The number of rotatable bonds is 4. The van der Waals surface area contributed by atoms with Crippen LogP contribution in [0.5, 0.6) is 5.75 Å². The number of aliphatic hydroxyl groups excluding tert-OH is 1. The van der Waals surface area contributed by atoms with Crippen LogP contribution in [-0.4, -0.2) is 51.0 Å². The van der Waals surface area contributed by atoms with Gasteiger partial charge in [0.25, 0.3) is 0 Å². The number of aryl methyl sites for hydroxylation is 1. The van der Waals surface area contributed by atoms with Crippen LogP contribution >= 0.6 is 15.9 Å². The van der Waals surface area contributed by atoms with Crippen molar-refractivity contribution in [1.82, 2.24) is 0 Å². The van der Waals surface area contributed by atoms with E-state index in [1.54, 1.807) is 9.80 Å². The van der Waals surface area contributed by atoms with Crippen LogP contribution in [0.2, 0.25) is 0 Å². The number of nitrogens with one attached hydrogen (secondary N) is 2. The minimum atomic E-state index is -0.436. The van der Waals surface area contributed by atoms with Crippen LogP contribution in [0.1, 0.15) is 42.9 Å². The maximum absolute atomic E-state index is 11.5. The van der Waals surface area contributed by atoms with Gasteiger partial charge in [-0.05, 0) is 40.5 Å². The highest BCUT2D eigenvalue weighted by molar-refractivity contribution is 9.10. The summed E-state index contributed by atoms with van der Waals surface area (Å²) in [6.07, 6.45) is 4.84. The van der Waals surface area contributed by atoms with E-state index in [4.69, 9.17) is 4.74 Å². The molecular weight excluding hydrogens is 380 g/mol. The molecule has 0 bridgehead atoms. The van der Waals surface area contributed by atoms with E-state index < -0.39 is 6.10 Å². The van der Waals surface area contributed by atoms with E-state index >= 15 is 0 Å². The van der Waals surface area contributed by atoms with Crippen molar-refractivity contribution in [2.24, 2.45) is 5.41 Å². The van der Waals surface area contributed by atoms with Gasteiger partial charge in [0.1, 0.15) is 23.9 Å². The normalized spacial score (nSPS) is 26.6. The highest BCUT2D eigenvalue weighted by Crippen LogP contribution is 2.45. The molecule has 138 valence electrons. The van der Waals surface area contributed by atoms with Crippen molar-refractivity contribution in [3.8, 4) is 5.75 Å². The SMILES string of the molecule is Cc1cc(Br)c2c(c1)C(O)C(C[NH+]1CCCC1)(C[NH+]1CCCC1)CO2. The molecule has 4 rings (SSSR count). The first kappa shape index (κ1) is 17.8. The zero-order valence-electron chi connectivity index (χ0n) is 15.2. The van der Waals surface area contributed by atoms with Crippen LogP contribution in [0, 0.1) is 12.3 Å². The highest BCUT2D eigenvalue weighted by Gasteiger charge is 2.51. The molecule has 3 N–H and O–H groups in total. The maximum Gasteiger partial charge on any atom is 0.139 e. The molecule has 0 radical (unpaired) electrons. The van der Waals surface area contributed by atoms with Gasteiger partial charge in [-0.1, -0.05) is 0 Å². The number of benzene rings is 1. The Balaban J connectivity index is 1.66. The van der Waals surface area contributed by atoms with Crippen LogP contribution in [0.15, 0.2) is 16.6 Å². The van der Waals surface area contributed by atoms with Gasteiger partial charge < -0.3 is 19.6 Å². The number of ether oxygens (including phenoxy) is 1. The quantitative estimate of drug-likeness (QED) is 0.677. The van der Waals surface area contributed by atoms with Crippen molar-refractivity contribution >= 4 is 15.9 Å². The third-order valence-corrected chi connectivity index (χ3v) is 7.01. The van der Waals surface area contributed by atoms with Gasteiger partial charge in [-0.15, -0.1) is 0 Å². The molecule has 0 amide bonds. The lowest BCUT2D eigenvalue weighted by Crippen LogP contribution is -3.16. The van der Waals surface area contributed by atoms with E-state index in [9.17, 15) is 5.11 Å². The van der Waals surface area contributed by atoms with Gasteiger partial charge in [0.15, 0.2) is 0 Å². The third kappa shape index (κ3) is 3.48. The molecule has 3 aliphatic heterocycles. The van der Waals surface area contributed by atoms with Crippen LogP contribution in [-0.2, 0) is 0 Å². The molecular formula is C20H31BrN2O2+2. The average molecular weight is 411 g/mol. The van der Waals surface area contributed by atoms with Gasteiger partial charge in [-0.3, -0.25) is 0 Å². The molecule has 3 heterocycles. The number of likely N-dealkylation sites (tertiary alicyclic amines) is 2. The largest absolute Gasteiger partial charge is 0.491 e. The first-order valence-corrected chi connectivity index (χ1v) is 10.6. The zero-order valence-corrected chi connectivity index (χ0v) is 16.8. The fourth-order valence-corrected chi connectivity index (χ4v) is 5.90. The molecule has 0 saturated carbocycles. The summed E-state index contributed by atoms with van der Waals surface area (Å²) in [6, 6.07) is 4.20. The summed E-state index contributed by atoms with van der Waals surface area (Å²) in [5, 5.41) is 11.5. The molecule has 1 aromatic carbocycles. The maximum atomic E-state index is 11.5. The van der Waals surface area contributed by atoms with E-state index in [2.05, 4.69) is 35.0 Å². The molecule has 0 spiro atoms. The van der Waals surface area contributed by atoms with Gasteiger partial charge in [0.2, 0.25) is 0 Å². The topological polar surface area (TPSA) is 38.3 Å². The molecule has 4 nitrogen and oxygen atoms in total. The minimum Gasteiger partial charge on any atom is -0.491 e. The smallest absolute Gasteiger partial charge is 0.139 e. The summed E-state index contributed by atoms with van der Waals surface area (Å²) in [6.45, 7) is 9.76. The molecule has 1 unspecified atom stereocenters. The van der Waals surface area contributed by atoms with Gasteiger partial charge in [-0.25, -0.2) is 0 Å². The Kier molecular flexibility index (Phi) is 5.11. The standard InChI is InChI=1S/C20H29BrN2O2/c1-15-10-16-18(17(21)11-15)25-14-20(19(16)24,12-22-6-2-3-7-22)13-23-8-4-5-9-23/h10-11,19,24H,2-9,12-14H2,1H3/p+2. The summed E-state index contributed by atoms with van der Waals surface area (Å²) < 4.78 is 7.25. The fraction of sp³-hybridized carbons (Fsp3) is 0.700. The number of aliphatic hydroxyl groups is 1. The first-order valence-electron chi connectivity index (χ1n) is 9.85. The van der Waals surface area contributed by atoms with Gasteiger partial charge in [0.05, 0.1) is 43.7 Å². The molecule has 3 aliphatic rings. The van der Waals surface area contributed by atoms with Crippen molar-refractivity contribution < 1.29 is 19.6 Å². The van der Waals surface area contributed by atoms with E-state index in [1.165, 1.54) is 57.4 Å². The van der Waals surface area contributed by atoms with Crippen molar-refractivity contribution in [2.45, 2.75) is 38.7 Å². The van der Waals surface area contributed by atoms with Gasteiger partial charge >= 0.3 is 0 Å². The lowest BCUT2D eigenvalue weighted by Gasteiger charge is -2.43. The Labute approximate surface area is 159 Å². The second kappa shape index (κ2) is 7.18. The molecule has 0 aromatic heterocycles. The molecule has 1 atom stereocenters. The molecule has 2 saturated heterocycles.